The van der Waals surface area contributed by atoms with Gasteiger partial charge in [0.25, 0.3) is 0 Å². The number of nitrogens with zero attached hydrogens (tertiary/aromatic N) is 1. The van der Waals surface area contributed by atoms with Crippen molar-refractivity contribution in [3.05, 3.63) is 78.1 Å². The van der Waals surface area contributed by atoms with E-state index in [0.29, 0.717) is 28.6 Å². The minimum Gasteiger partial charge on any atom is -0.478 e. The largest absolute Gasteiger partial charge is 0.478 e. The van der Waals surface area contributed by atoms with Crippen LogP contribution in [0.1, 0.15) is 20.9 Å². The van der Waals surface area contributed by atoms with Gasteiger partial charge in [-0.25, -0.2) is 9.78 Å². The molecule has 0 aliphatic rings. The molecule has 0 aliphatic heterocycles. The molecule has 0 unspecified atom stereocenters. The van der Waals surface area contributed by atoms with Gasteiger partial charge in [0.15, 0.2) is 12.0 Å². The summed E-state index contributed by atoms with van der Waals surface area (Å²) in [6, 6.07) is 19.5. The van der Waals surface area contributed by atoms with Gasteiger partial charge in [0.1, 0.15) is 5.76 Å². The van der Waals surface area contributed by atoms with E-state index in [2.05, 4.69) is 4.98 Å². The molecule has 0 spiro atoms. The Morgan fingerprint density at radius 2 is 1.69 bits per heavy atom. The van der Waals surface area contributed by atoms with E-state index in [1.54, 1.807) is 36.4 Å². The number of aldehydes is 1. The van der Waals surface area contributed by atoms with Gasteiger partial charge in [-0.05, 0) is 24.3 Å². The number of pyridine rings is 1. The maximum atomic E-state index is 11.6. The van der Waals surface area contributed by atoms with E-state index in [-0.39, 0.29) is 11.3 Å². The fourth-order valence-electron chi connectivity index (χ4n) is 2.88. The van der Waals surface area contributed by atoms with E-state index >= 15 is 0 Å². The molecule has 5 nitrogen and oxygen atoms in total. The zero-order valence-electron chi connectivity index (χ0n) is 13.5. The van der Waals surface area contributed by atoms with Gasteiger partial charge in [-0.2, -0.15) is 0 Å². The fraction of sp³-hybridized carbons (Fsp3) is 0. The highest BCUT2D eigenvalue weighted by Gasteiger charge is 2.13. The Morgan fingerprint density at radius 3 is 2.38 bits per heavy atom. The van der Waals surface area contributed by atoms with Gasteiger partial charge in [-0.1, -0.05) is 42.5 Å². The maximum Gasteiger partial charge on any atom is 0.336 e. The summed E-state index contributed by atoms with van der Waals surface area (Å²) in [6.07, 6.45) is 0.657. The van der Waals surface area contributed by atoms with Crippen LogP contribution in [0.4, 0.5) is 0 Å². The van der Waals surface area contributed by atoms with Gasteiger partial charge in [0, 0.05) is 16.5 Å². The van der Waals surface area contributed by atoms with Gasteiger partial charge in [-0.15, -0.1) is 0 Å². The van der Waals surface area contributed by atoms with Gasteiger partial charge in [0.2, 0.25) is 0 Å². The molecule has 26 heavy (non-hydrogen) atoms. The second-order valence-corrected chi connectivity index (χ2v) is 5.77. The summed E-state index contributed by atoms with van der Waals surface area (Å²) in [5.41, 5.74) is 3.05. The SMILES string of the molecule is O=Cc1ccc(-c2ccc(-c3cc(C(=O)O)c4ccccc4n3)cc2)o1. The van der Waals surface area contributed by atoms with E-state index in [4.69, 9.17) is 4.42 Å². The summed E-state index contributed by atoms with van der Waals surface area (Å²) in [4.78, 5) is 26.9. The average molecular weight is 343 g/mol. The minimum absolute atomic E-state index is 0.219. The monoisotopic (exact) mass is 343 g/mol. The van der Waals surface area contributed by atoms with Crippen LogP contribution in [0.5, 0.6) is 0 Å². The smallest absolute Gasteiger partial charge is 0.336 e. The van der Waals surface area contributed by atoms with E-state index in [0.717, 1.165) is 11.1 Å². The first-order valence-electron chi connectivity index (χ1n) is 7.94. The number of para-hydroxylation sites is 1. The maximum absolute atomic E-state index is 11.6. The van der Waals surface area contributed by atoms with Crippen molar-refractivity contribution in [1.82, 2.24) is 4.98 Å². The Labute approximate surface area is 148 Å². The highest BCUT2D eigenvalue weighted by Crippen LogP contribution is 2.28. The summed E-state index contributed by atoms with van der Waals surface area (Å²) in [5.74, 6) is -0.124. The zero-order chi connectivity index (χ0) is 18.1. The summed E-state index contributed by atoms with van der Waals surface area (Å²) in [7, 11) is 0. The number of fused-ring (bicyclic) bond motifs is 1. The first-order valence-corrected chi connectivity index (χ1v) is 7.94. The van der Waals surface area contributed by atoms with Crippen molar-refractivity contribution >= 4 is 23.2 Å². The molecule has 0 bridgehead atoms. The van der Waals surface area contributed by atoms with Gasteiger partial charge >= 0.3 is 5.97 Å². The molecule has 5 heteroatoms. The molecule has 2 heterocycles. The first-order chi connectivity index (χ1) is 12.7. The second-order valence-electron chi connectivity index (χ2n) is 5.77. The lowest BCUT2D eigenvalue weighted by atomic mass is 10.0. The van der Waals surface area contributed by atoms with Crippen LogP contribution in [0, 0.1) is 0 Å². The Kier molecular flexibility index (Phi) is 3.82. The van der Waals surface area contributed by atoms with Crippen molar-refractivity contribution in [2.24, 2.45) is 0 Å². The van der Waals surface area contributed by atoms with Crippen LogP contribution in [0.3, 0.4) is 0 Å². The Bertz CT molecular complexity index is 1130. The molecule has 2 aromatic carbocycles. The number of carboxylic acids is 1. The number of carbonyl (C=O) groups excluding carboxylic acids is 1. The number of benzene rings is 2. The number of hydrogen-bond donors (Lipinski definition) is 1. The number of carbonyl (C=O) groups is 2. The Hall–Kier alpha value is -3.73. The van der Waals surface area contributed by atoms with Gasteiger partial charge in [-0.3, -0.25) is 4.79 Å². The third-order valence-electron chi connectivity index (χ3n) is 4.15. The van der Waals surface area contributed by atoms with E-state index in [1.165, 1.54) is 0 Å². The molecule has 126 valence electrons. The highest BCUT2D eigenvalue weighted by atomic mass is 16.4. The molecule has 4 rings (SSSR count). The van der Waals surface area contributed by atoms with Crippen molar-refractivity contribution in [2.45, 2.75) is 0 Å². The summed E-state index contributed by atoms with van der Waals surface area (Å²) in [5, 5.41) is 10.1. The molecule has 4 aromatic rings. The molecule has 0 aliphatic carbocycles. The third-order valence-corrected chi connectivity index (χ3v) is 4.15. The average Bonchev–Trinajstić information content (AvgIpc) is 3.16. The molecule has 0 fully saturated rings. The van der Waals surface area contributed by atoms with Crippen molar-refractivity contribution in [3.8, 4) is 22.6 Å². The number of carboxylic acid groups (broad SMARTS) is 1. The minimum atomic E-state index is -0.988. The highest BCUT2D eigenvalue weighted by molar-refractivity contribution is 6.03. The molecule has 2 aromatic heterocycles. The molecule has 0 saturated heterocycles. The lowest BCUT2D eigenvalue weighted by molar-refractivity contribution is 0.0699. The molecule has 0 amide bonds. The third kappa shape index (κ3) is 2.75. The van der Waals surface area contributed by atoms with Crippen molar-refractivity contribution in [2.75, 3.05) is 0 Å². The number of aromatic carboxylic acids is 1. The van der Waals surface area contributed by atoms with Gasteiger partial charge < -0.3 is 9.52 Å². The van der Waals surface area contributed by atoms with E-state index < -0.39 is 5.97 Å². The second kappa shape index (κ2) is 6.29. The summed E-state index contributed by atoms with van der Waals surface area (Å²) in [6.45, 7) is 0. The van der Waals surface area contributed by atoms with Crippen LogP contribution in [-0.4, -0.2) is 22.3 Å². The molecule has 0 atom stereocenters. The zero-order valence-corrected chi connectivity index (χ0v) is 13.5. The number of rotatable bonds is 4. The molecular weight excluding hydrogens is 330 g/mol. The number of hydrogen-bond acceptors (Lipinski definition) is 4. The fourth-order valence-corrected chi connectivity index (χ4v) is 2.88. The standard InChI is InChI=1S/C21H13NO4/c23-12-15-9-10-20(26-15)14-7-5-13(6-8-14)19-11-17(21(24)25)16-3-1-2-4-18(16)22-19/h1-12H,(H,24,25). The topological polar surface area (TPSA) is 80.4 Å². The Morgan fingerprint density at radius 1 is 0.962 bits per heavy atom. The van der Waals surface area contributed by atoms with Crippen LogP contribution in [0.15, 0.2) is 71.1 Å². The van der Waals surface area contributed by atoms with Crippen LogP contribution in [0.25, 0.3) is 33.5 Å². The molecule has 0 radical (unpaired) electrons. The predicted molar refractivity (Wildman–Crippen MR) is 97.2 cm³/mol. The molecular formula is C21H13NO4. The predicted octanol–water partition coefficient (Wildman–Crippen LogP) is 4.67. The number of aromatic nitrogens is 1. The van der Waals surface area contributed by atoms with Crippen LogP contribution >= 0.6 is 0 Å². The van der Waals surface area contributed by atoms with Crippen molar-refractivity contribution in [1.29, 1.82) is 0 Å². The van der Waals surface area contributed by atoms with Crippen molar-refractivity contribution in [3.63, 3.8) is 0 Å². The van der Waals surface area contributed by atoms with E-state index in [9.17, 15) is 14.7 Å². The summed E-state index contributed by atoms with van der Waals surface area (Å²) < 4.78 is 5.41. The van der Waals surface area contributed by atoms with E-state index in [1.807, 2.05) is 30.3 Å². The van der Waals surface area contributed by atoms with Crippen molar-refractivity contribution < 1.29 is 19.1 Å². The van der Waals surface area contributed by atoms with Crippen LogP contribution in [0.2, 0.25) is 0 Å². The van der Waals surface area contributed by atoms with Crippen LogP contribution in [-0.2, 0) is 0 Å². The van der Waals surface area contributed by atoms with Gasteiger partial charge in [0.05, 0.1) is 16.8 Å². The molecule has 0 saturated carbocycles. The normalized spacial score (nSPS) is 10.8. The molecule has 1 N–H and O–H groups in total. The first kappa shape index (κ1) is 15.8. The lowest BCUT2D eigenvalue weighted by Crippen LogP contribution is -2.00. The Balaban J connectivity index is 1.78. The summed E-state index contributed by atoms with van der Waals surface area (Å²) >= 11 is 0. The van der Waals surface area contributed by atoms with Crippen LogP contribution < -0.4 is 0 Å². The number of furan rings is 1. The quantitative estimate of drug-likeness (QED) is 0.545. The lowest BCUT2D eigenvalue weighted by Gasteiger charge is -2.07.